The number of methoxy groups -OCH3 is 1. The van der Waals surface area contributed by atoms with E-state index in [4.69, 9.17) is 4.74 Å². The zero-order valence-electron chi connectivity index (χ0n) is 16.9. The van der Waals surface area contributed by atoms with E-state index in [0.29, 0.717) is 30.6 Å². The van der Waals surface area contributed by atoms with Crippen molar-refractivity contribution in [3.05, 3.63) is 22.9 Å². The standard InChI is InChI=1S/C21H30N4O3/c1-3-24-9-8-14(12-24)19(26)22-11-15-10-17-18(23-20(15)28-2)13-25(21(17)27)16-6-4-5-7-16/h10,14,16H,3-9,11-13H2,1-2H3,(H,22,26). The first kappa shape index (κ1) is 19.2. The summed E-state index contributed by atoms with van der Waals surface area (Å²) in [7, 11) is 1.58. The van der Waals surface area contributed by atoms with Gasteiger partial charge in [0, 0.05) is 24.7 Å². The first-order valence-electron chi connectivity index (χ1n) is 10.5. The topological polar surface area (TPSA) is 74.8 Å². The molecule has 7 nitrogen and oxygen atoms in total. The van der Waals surface area contributed by atoms with Gasteiger partial charge in [0.25, 0.3) is 5.91 Å². The van der Waals surface area contributed by atoms with Crippen LogP contribution in [0.5, 0.6) is 5.88 Å². The zero-order chi connectivity index (χ0) is 19.7. The normalized spacial score (nSPS) is 22.7. The lowest BCUT2D eigenvalue weighted by Gasteiger charge is -2.22. The van der Waals surface area contributed by atoms with E-state index in [1.807, 2.05) is 11.0 Å². The molecule has 2 aliphatic heterocycles. The Morgan fingerprint density at radius 1 is 1.32 bits per heavy atom. The molecule has 3 aliphatic rings. The summed E-state index contributed by atoms with van der Waals surface area (Å²) in [6.45, 7) is 5.79. The van der Waals surface area contributed by atoms with Crippen LogP contribution in [-0.2, 0) is 17.9 Å². The van der Waals surface area contributed by atoms with Gasteiger partial charge in [0.2, 0.25) is 11.8 Å². The molecule has 1 unspecified atom stereocenters. The number of carbonyl (C=O) groups excluding carboxylic acids is 2. The van der Waals surface area contributed by atoms with Crippen LogP contribution in [0.3, 0.4) is 0 Å². The van der Waals surface area contributed by atoms with E-state index in [2.05, 4.69) is 22.1 Å². The highest BCUT2D eigenvalue weighted by molar-refractivity contribution is 5.98. The molecule has 0 aromatic carbocycles. The molecule has 1 saturated carbocycles. The van der Waals surface area contributed by atoms with Crippen LogP contribution in [0.15, 0.2) is 6.07 Å². The Bertz CT molecular complexity index is 760. The van der Waals surface area contributed by atoms with E-state index in [1.165, 1.54) is 12.8 Å². The molecule has 1 saturated heterocycles. The van der Waals surface area contributed by atoms with Gasteiger partial charge in [0.15, 0.2) is 0 Å². The highest BCUT2D eigenvalue weighted by Crippen LogP contribution is 2.33. The van der Waals surface area contributed by atoms with Crippen LogP contribution in [-0.4, -0.2) is 59.4 Å². The molecule has 152 valence electrons. The number of nitrogens with zero attached hydrogens (tertiary/aromatic N) is 3. The summed E-state index contributed by atoms with van der Waals surface area (Å²) in [5, 5.41) is 3.02. The molecule has 1 N–H and O–H groups in total. The minimum Gasteiger partial charge on any atom is -0.481 e. The van der Waals surface area contributed by atoms with Crippen molar-refractivity contribution in [1.82, 2.24) is 20.1 Å². The lowest BCUT2D eigenvalue weighted by molar-refractivity contribution is -0.124. The fourth-order valence-electron chi connectivity index (χ4n) is 4.74. The quantitative estimate of drug-likeness (QED) is 0.809. The third kappa shape index (κ3) is 3.60. The Morgan fingerprint density at radius 3 is 2.79 bits per heavy atom. The molecule has 0 spiro atoms. The highest BCUT2D eigenvalue weighted by Gasteiger charge is 2.36. The second-order valence-electron chi connectivity index (χ2n) is 8.12. The van der Waals surface area contributed by atoms with Crippen molar-refractivity contribution in [2.24, 2.45) is 5.92 Å². The number of fused-ring (bicyclic) bond motifs is 1. The van der Waals surface area contributed by atoms with E-state index < -0.39 is 0 Å². The minimum atomic E-state index is 0.0350. The number of rotatable bonds is 6. The van der Waals surface area contributed by atoms with Crippen LogP contribution in [0.25, 0.3) is 0 Å². The summed E-state index contributed by atoms with van der Waals surface area (Å²) in [4.78, 5) is 34.3. The van der Waals surface area contributed by atoms with Gasteiger partial charge in [-0.3, -0.25) is 9.59 Å². The largest absolute Gasteiger partial charge is 0.481 e. The number of aromatic nitrogens is 1. The van der Waals surface area contributed by atoms with Gasteiger partial charge >= 0.3 is 0 Å². The molecule has 0 radical (unpaired) electrons. The smallest absolute Gasteiger partial charge is 0.256 e. The summed E-state index contributed by atoms with van der Waals surface area (Å²) < 4.78 is 5.46. The number of carbonyl (C=O) groups is 2. The SMILES string of the molecule is CCN1CCC(C(=O)NCc2cc3c(nc2OC)CN(C2CCCC2)C3=O)C1. The molecule has 3 heterocycles. The number of hydrogen-bond donors (Lipinski definition) is 1. The number of pyridine rings is 1. The van der Waals surface area contributed by atoms with Gasteiger partial charge in [-0.15, -0.1) is 0 Å². The van der Waals surface area contributed by atoms with Crippen molar-refractivity contribution < 1.29 is 14.3 Å². The lowest BCUT2D eigenvalue weighted by Crippen LogP contribution is -2.33. The second kappa shape index (κ2) is 8.07. The average molecular weight is 386 g/mol. The lowest BCUT2D eigenvalue weighted by atomic mass is 10.1. The molecular weight excluding hydrogens is 356 g/mol. The summed E-state index contributed by atoms with van der Waals surface area (Å²) in [6, 6.07) is 2.20. The molecule has 2 amide bonds. The predicted molar refractivity (Wildman–Crippen MR) is 105 cm³/mol. The summed E-state index contributed by atoms with van der Waals surface area (Å²) in [6.07, 6.45) is 5.44. The molecular formula is C21H30N4O3. The molecule has 1 aromatic rings. The van der Waals surface area contributed by atoms with Crippen LogP contribution in [0.4, 0.5) is 0 Å². The highest BCUT2D eigenvalue weighted by atomic mass is 16.5. The molecule has 1 atom stereocenters. The van der Waals surface area contributed by atoms with Gasteiger partial charge in [0.1, 0.15) is 0 Å². The fraction of sp³-hybridized carbons (Fsp3) is 0.667. The van der Waals surface area contributed by atoms with E-state index in [0.717, 1.165) is 50.2 Å². The number of amides is 2. The van der Waals surface area contributed by atoms with Crippen LogP contribution in [0, 0.1) is 5.92 Å². The number of ether oxygens (including phenoxy) is 1. The van der Waals surface area contributed by atoms with Gasteiger partial charge in [-0.2, -0.15) is 0 Å². The molecule has 7 heteroatoms. The van der Waals surface area contributed by atoms with E-state index in [-0.39, 0.29) is 17.7 Å². The third-order valence-corrected chi connectivity index (χ3v) is 6.45. The van der Waals surface area contributed by atoms with Gasteiger partial charge < -0.3 is 19.9 Å². The first-order chi connectivity index (χ1) is 13.6. The Hall–Kier alpha value is -2.15. The Morgan fingerprint density at radius 2 is 2.11 bits per heavy atom. The Kier molecular flexibility index (Phi) is 5.53. The first-order valence-corrected chi connectivity index (χ1v) is 10.5. The van der Waals surface area contributed by atoms with Crippen molar-refractivity contribution >= 4 is 11.8 Å². The van der Waals surface area contributed by atoms with Gasteiger partial charge in [-0.05, 0) is 38.4 Å². The molecule has 4 rings (SSSR count). The monoisotopic (exact) mass is 386 g/mol. The predicted octanol–water partition coefficient (Wildman–Crippen LogP) is 1.95. The van der Waals surface area contributed by atoms with Crippen molar-refractivity contribution in [2.45, 2.75) is 58.2 Å². The Balaban J connectivity index is 1.45. The fourth-order valence-corrected chi connectivity index (χ4v) is 4.74. The zero-order valence-corrected chi connectivity index (χ0v) is 16.9. The molecule has 1 aliphatic carbocycles. The summed E-state index contributed by atoms with van der Waals surface area (Å²) in [5.41, 5.74) is 2.22. The Labute approximate surface area is 166 Å². The number of likely N-dealkylation sites (tertiary alicyclic amines) is 1. The third-order valence-electron chi connectivity index (χ3n) is 6.45. The second-order valence-corrected chi connectivity index (χ2v) is 8.12. The van der Waals surface area contributed by atoms with Crippen LogP contribution < -0.4 is 10.1 Å². The molecule has 2 fully saturated rings. The van der Waals surface area contributed by atoms with Crippen LogP contribution in [0.1, 0.15) is 60.6 Å². The minimum absolute atomic E-state index is 0.0350. The maximum atomic E-state index is 12.9. The van der Waals surface area contributed by atoms with Crippen molar-refractivity contribution in [1.29, 1.82) is 0 Å². The van der Waals surface area contributed by atoms with E-state index in [1.54, 1.807) is 7.11 Å². The molecule has 28 heavy (non-hydrogen) atoms. The van der Waals surface area contributed by atoms with Gasteiger partial charge in [-0.1, -0.05) is 19.8 Å². The van der Waals surface area contributed by atoms with Crippen molar-refractivity contribution in [2.75, 3.05) is 26.7 Å². The number of nitrogens with one attached hydrogen (secondary N) is 1. The number of hydrogen-bond acceptors (Lipinski definition) is 5. The molecule has 1 aromatic heterocycles. The summed E-state index contributed by atoms with van der Waals surface area (Å²) in [5.74, 6) is 0.672. The van der Waals surface area contributed by atoms with Crippen molar-refractivity contribution in [3.63, 3.8) is 0 Å². The molecule has 0 bridgehead atoms. The summed E-state index contributed by atoms with van der Waals surface area (Å²) >= 11 is 0. The van der Waals surface area contributed by atoms with Crippen LogP contribution >= 0.6 is 0 Å². The van der Waals surface area contributed by atoms with E-state index >= 15 is 0 Å². The average Bonchev–Trinajstić information content (AvgIpc) is 3.45. The van der Waals surface area contributed by atoms with Crippen molar-refractivity contribution in [3.8, 4) is 5.88 Å². The van der Waals surface area contributed by atoms with Crippen LogP contribution in [0.2, 0.25) is 0 Å². The van der Waals surface area contributed by atoms with Gasteiger partial charge in [-0.25, -0.2) is 4.98 Å². The van der Waals surface area contributed by atoms with Gasteiger partial charge in [0.05, 0.1) is 30.8 Å². The maximum Gasteiger partial charge on any atom is 0.256 e. The maximum absolute atomic E-state index is 12.9. The van der Waals surface area contributed by atoms with E-state index in [9.17, 15) is 9.59 Å².